The molecule has 0 fully saturated rings. The Morgan fingerprint density at radius 3 is 2.82 bits per heavy atom. The molecule has 1 unspecified atom stereocenters. The molecule has 0 spiro atoms. The molecule has 0 amide bonds. The van der Waals surface area contributed by atoms with E-state index < -0.39 is 0 Å². The van der Waals surface area contributed by atoms with Crippen LogP contribution in [0.25, 0.3) is 10.9 Å². The van der Waals surface area contributed by atoms with Crippen molar-refractivity contribution >= 4 is 22.2 Å². The Morgan fingerprint density at radius 1 is 1.27 bits per heavy atom. The number of hydrogen-bond acceptors (Lipinski definition) is 3. The van der Waals surface area contributed by atoms with Gasteiger partial charge in [-0.15, -0.1) is 11.3 Å². The van der Waals surface area contributed by atoms with Gasteiger partial charge in [-0.3, -0.25) is 4.79 Å². The van der Waals surface area contributed by atoms with Gasteiger partial charge in [0.2, 0.25) is 0 Å². The van der Waals surface area contributed by atoms with Crippen LogP contribution in [0.2, 0.25) is 0 Å². The van der Waals surface area contributed by atoms with Gasteiger partial charge in [0, 0.05) is 0 Å². The van der Waals surface area contributed by atoms with Crippen LogP contribution in [-0.2, 0) is 6.54 Å². The van der Waals surface area contributed by atoms with Gasteiger partial charge in [-0.1, -0.05) is 18.2 Å². The maximum atomic E-state index is 12.2. The maximum absolute atomic E-state index is 12.2. The third kappa shape index (κ3) is 2.96. The van der Waals surface area contributed by atoms with Crippen LogP contribution in [0.5, 0.6) is 0 Å². The first-order valence-corrected chi connectivity index (χ1v) is 8.43. The average molecular weight is 314 g/mol. The van der Waals surface area contributed by atoms with Gasteiger partial charge in [-0.25, -0.2) is 4.98 Å². The fourth-order valence-electron chi connectivity index (χ4n) is 2.72. The Bertz CT molecular complexity index is 810. The van der Waals surface area contributed by atoms with E-state index in [-0.39, 0.29) is 11.6 Å². The van der Waals surface area contributed by atoms with Crippen molar-refractivity contribution in [2.45, 2.75) is 26.4 Å². The molecule has 0 saturated heterocycles. The summed E-state index contributed by atoms with van der Waals surface area (Å²) in [6.45, 7) is 6.22. The van der Waals surface area contributed by atoms with E-state index in [1.807, 2.05) is 24.3 Å². The Hall–Kier alpha value is -1.98. The van der Waals surface area contributed by atoms with E-state index in [4.69, 9.17) is 0 Å². The predicted molar refractivity (Wildman–Crippen MR) is 90.3 cm³/mol. The number of nitrogens with zero attached hydrogens (tertiary/aromatic N) is 1. The number of hydrogen-bond donors (Lipinski definition) is 2. The van der Waals surface area contributed by atoms with Crippen molar-refractivity contribution in [3.8, 4) is 0 Å². The van der Waals surface area contributed by atoms with E-state index in [0.717, 1.165) is 24.4 Å². The topological polar surface area (TPSA) is 50.2 Å². The molecular formula is C17H20N3OS+. The number of quaternary nitrogens is 1. The van der Waals surface area contributed by atoms with Crippen LogP contribution < -0.4 is 10.5 Å². The molecule has 114 valence electrons. The lowest BCUT2D eigenvalue weighted by Gasteiger charge is -2.23. The van der Waals surface area contributed by atoms with Crippen LogP contribution in [0.1, 0.15) is 30.6 Å². The van der Waals surface area contributed by atoms with Gasteiger partial charge < -0.3 is 9.88 Å². The monoisotopic (exact) mass is 314 g/mol. The molecule has 0 aliphatic heterocycles. The zero-order valence-corrected chi connectivity index (χ0v) is 13.6. The van der Waals surface area contributed by atoms with Crippen LogP contribution in [-0.4, -0.2) is 16.5 Å². The molecule has 4 nitrogen and oxygen atoms in total. The summed E-state index contributed by atoms with van der Waals surface area (Å²) in [4.78, 5) is 22.6. The molecule has 2 aromatic heterocycles. The van der Waals surface area contributed by atoms with E-state index in [2.05, 4.69) is 41.3 Å². The second kappa shape index (κ2) is 6.42. The van der Waals surface area contributed by atoms with Crippen molar-refractivity contribution in [1.29, 1.82) is 0 Å². The molecule has 2 heterocycles. The van der Waals surface area contributed by atoms with Gasteiger partial charge in [0.1, 0.15) is 12.6 Å². The quantitative estimate of drug-likeness (QED) is 0.758. The minimum absolute atomic E-state index is 0.0565. The summed E-state index contributed by atoms with van der Waals surface area (Å²) in [5, 5.41) is 2.75. The summed E-state index contributed by atoms with van der Waals surface area (Å²) in [5.41, 5.74) is 0.707. The molecule has 3 aromatic rings. The molecule has 2 atom stereocenters. The van der Waals surface area contributed by atoms with E-state index >= 15 is 0 Å². The number of H-pyrrole nitrogens is 1. The summed E-state index contributed by atoms with van der Waals surface area (Å²) in [7, 11) is 0. The molecule has 0 radical (unpaired) electrons. The van der Waals surface area contributed by atoms with E-state index in [0.29, 0.717) is 5.39 Å². The summed E-state index contributed by atoms with van der Waals surface area (Å²) < 4.78 is 0. The van der Waals surface area contributed by atoms with Gasteiger partial charge in [0.15, 0.2) is 5.82 Å². The van der Waals surface area contributed by atoms with E-state index in [1.54, 1.807) is 11.3 Å². The molecule has 0 saturated carbocycles. The number of fused-ring (bicyclic) bond motifs is 1. The van der Waals surface area contributed by atoms with Crippen molar-refractivity contribution in [1.82, 2.24) is 9.97 Å². The van der Waals surface area contributed by atoms with Crippen molar-refractivity contribution in [3.05, 3.63) is 62.8 Å². The summed E-state index contributed by atoms with van der Waals surface area (Å²) in [6, 6.07) is 11.9. The standard InChI is InChI=1S/C17H19N3OS/c1-3-20(11-13-7-6-10-22-13)12(2)16-18-15-9-5-4-8-14(15)17(21)19-16/h4-10,12H,3,11H2,1-2H3,(H,18,19,21)/p+1/t12-/m0/s1. The number of thiophene rings is 1. The number of benzene rings is 1. The lowest BCUT2D eigenvalue weighted by molar-refractivity contribution is -0.941. The van der Waals surface area contributed by atoms with E-state index in [1.165, 1.54) is 9.78 Å². The molecule has 2 N–H and O–H groups in total. The largest absolute Gasteiger partial charge is 0.322 e. The summed E-state index contributed by atoms with van der Waals surface area (Å²) >= 11 is 1.77. The van der Waals surface area contributed by atoms with Gasteiger partial charge in [0.25, 0.3) is 5.56 Å². The Kier molecular flexibility index (Phi) is 4.36. The lowest BCUT2D eigenvalue weighted by Crippen LogP contribution is -3.10. The van der Waals surface area contributed by atoms with Crippen molar-refractivity contribution in [2.75, 3.05) is 6.54 Å². The van der Waals surface area contributed by atoms with Crippen molar-refractivity contribution < 1.29 is 4.90 Å². The molecular weight excluding hydrogens is 294 g/mol. The fourth-order valence-corrected chi connectivity index (χ4v) is 3.48. The van der Waals surface area contributed by atoms with Crippen LogP contribution >= 0.6 is 11.3 Å². The zero-order valence-electron chi connectivity index (χ0n) is 12.8. The molecule has 0 bridgehead atoms. The first kappa shape index (κ1) is 14.9. The number of nitrogens with one attached hydrogen (secondary N) is 2. The van der Waals surface area contributed by atoms with Gasteiger partial charge in [-0.05, 0) is 37.4 Å². The highest BCUT2D eigenvalue weighted by atomic mass is 32.1. The first-order chi connectivity index (χ1) is 10.7. The lowest BCUT2D eigenvalue weighted by atomic mass is 10.2. The minimum Gasteiger partial charge on any atom is -0.322 e. The average Bonchev–Trinajstić information content (AvgIpc) is 3.05. The smallest absolute Gasteiger partial charge is 0.258 e. The van der Waals surface area contributed by atoms with Crippen molar-refractivity contribution in [2.24, 2.45) is 0 Å². The molecule has 5 heteroatoms. The maximum Gasteiger partial charge on any atom is 0.258 e. The highest BCUT2D eigenvalue weighted by Gasteiger charge is 2.21. The number of para-hydroxylation sites is 1. The van der Waals surface area contributed by atoms with Gasteiger partial charge >= 0.3 is 0 Å². The van der Waals surface area contributed by atoms with E-state index in [9.17, 15) is 4.79 Å². The van der Waals surface area contributed by atoms with Crippen LogP contribution in [0.3, 0.4) is 0 Å². The SMILES string of the molecule is CC[NH+](Cc1cccs1)[C@@H](C)c1nc2ccccc2c(=O)[nH]1. The third-order valence-corrected chi connectivity index (χ3v) is 4.97. The highest BCUT2D eigenvalue weighted by Crippen LogP contribution is 2.11. The normalized spacial score (nSPS) is 14.1. The third-order valence-electron chi connectivity index (χ3n) is 4.09. The molecule has 0 aliphatic carbocycles. The predicted octanol–water partition coefficient (Wildman–Crippen LogP) is 2.15. The Morgan fingerprint density at radius 2 is 2.09 bits per heavy atom. The molecule has 3 rings (SSSR count). The molecule has 22 heavy (non-hydrogen) atoms. The fraction of sp³-hybridized carbons (Fsp3) is 0.294. The highest BCUT2D eigenvalue weighted by molar-refractivity contribution is 7.09. The molecule has 1 aromatic carbocycles. The van der Waals surface area contributed by atoms with Crippen LogP contribution in [0, 0.1) is 0 Å². The van der Waals surface area contributed by atoms with Crippen LogP contribution in [0.15, 0.2) is 46.6 Å². The second-order valence-corrected chi connectivity index (χ2v) is 6.49. The number of aromatic amines is 1. The first-order valence-electron chi connectivity index (χ1n) is 7.55. The van der Waals surface area contributed by atoms with Gasteiger partial charge in [-0.2, -0.15) is 0 Å². The minimum atomic E-state index is -0.0565. The number of aromatic nitrogens is 2. The Balaban J connectivity index is 1.93. The summed E-state index contributed by atoms with van der Waals surface area (Å²) in [6.07, 6.45) is 0. The molecule has 0 aliphatic rings. The summed E-state index contributed by atoms with van der Waals surface area (Å²) in [5.74, 6) is 0.761. The van der Waals surface area contributed by atoms with Crippen molar-refractivity contribution in [3.63, 3.8) is 0 Å². The number of rotatable bonds is 5. The van der Waals surface area contributed by atoms with Crippen LogP contribution in [0.4, 0.5) is 0 Å². The zero-order chi connectivity index (χ0) is 15.5. The van der Waals surface area contributed by atoms with Gasteiger partial charge in [0.05, 0.1) is 22.3 Å². The Labute approximate surface area is 133 Å². The second-order valence-electron chi connectivity index (χ2n) is 5.46.